The number of thiophene rings is 1. The predicted molar refractivity (Wildman–Crippen MR) is 87.3 cm³/mol. The lowest BCUT2D eigenvalue weighted by Gasteiger charge is -2.36. The zero-order chi connectivity index (χ0) is 14.7. The van der Waals surface area contributed by atoms with E-state index in [1.165, 1.54) is 23.3 Å². The third kappa shape index (κ3) is 3.49. The summed E-state index contributed by atoms with van der Waals surface area (Å²) < 4.78 is 0. The summed E-state index contributed by atoms with van der Waals surface area (Å²) in [4.78, 5) is 16.3. The molecule has 1 aliphatic carbocycles. The first-order chi connectivity index (χ1) is 10.3. The van der Waals surface area contributed by atoms with Crippen LogP contribution in [0, 0.1) is 5.92 Å². The molecule has 0 spiro atoms. The average Bonchev–Trinajstić information content (AvgIpc) is 3.22. The van der Waals surface area contributed by atoms with Crippen LogP contribution in [0.4, 0.5) is 0 Å². The second kappa shape index (κ2) is 6.93. The molecule has 0 saturated heterocycles. The predicted octanol–water partition coefficient (Wildman–Crippen LogP) is 3.49. The van der Waals surface area contributed by atoms with Crippen LogP contribution in [0.1, 0.15) is 61.4 Å². The van der Waals surface area contributed by atoms with E-state index in [4.69, 9.17) is 5.73 Å². The SMILES string of the molecule is NCCCCCCC(=O)N1CCc2sccc2C1C1CC1. The first-order valence-electron chi connectivity index (χ1n) is 8.37. The average molecular weight is 306 g/mol. The lowest BCUT2D eigenvalue weighted by molar-refractivity contribution is -0.134. The largest absolute Gasteiger partial charge is 0.335 e. The van der Waals surface area contributed by atoms with Crippen molar-refractivity contribution in [3.63, 3.8) is 0 Å². The molecule has 1 unspecified atom stereocenters. The first-order valence-corrected chi connectivity index (χ1v) is 9.25. The molecule has 0 aromatic carbocycles. The number of carbonyl (C=O) groups is 1. The smallest absolute Gasteiger partial charge is 0.223 e. The molecule has 3 rings (SSSR count). The van der Waals surface area contributed by atoms with Crippen LogP contribution >= 0.6 is 11.3 Å². The number of nitrogens with zero attached hydrogens (tertiary/aromatic N) is 1. The molecule has 0 radical (unpaired) electrons. The Labute approximate surface area is 131 Å². The lowest BCUT2D eigenvalue weighted by atomic mass is 9.95. The highest BCUT2D eigenvalue weighted by Gasteiger charge is 2.41. The number of hydrogen-bond donors (Lipinski definition) is 1. The van der Waals surface area contributed by atoms with Gasteiger partial charge in [0.05, 0.1) is 6.04 Å². The van der Waals surface area contributed by atoms with Crippen molar-refractivity contribution in [2.24, 2.45) is 11.7 Å². The minimum Gasteiger partial charge on any atom is -0.335 e. The summed E-state index contributed by atoms with van der Waals surface area (Å²) in [5, 5.41) is 2.20. The molecule has 1 aromatic rings. The summed E-state index contributed by atoms with van der Waals surface area (Å²) in [7, 11) is 0. The van der Waals surface area contributed by atoms with Crippen molar-refractivity contribution in [1.82, 2.24) is 4.90 Å². The van der Waals surface area contributed by atoms with Gasteiger partial charge in [-0.1, -0.05) is 12.8 Å². The number of nitrogens with two attached hydrogens (primary N) is 1. The Morgan fingerprint density at radius 1 is 1.29 bits per heavy atom. The zero-order valence-corrected chi connectivity index (χ0v) is 13.5. The van der Waals surface area contributed by atoms with Gasteiger partial charge in [-0.05, 0) is 61.6 Å². The van der Waals surface area contributed by atoms with E-state index in [0.717, 1.165) is 51.1 Å². The van der Waals surface area contributed by atoms with Crippen molar-refractivity contribution < 1.29 is 4.79 Å². The van der Waals surface area contributed by atoms with E-state index >= 15 is 0 Å². The molecule has 2 aliphatic rings. The maximum atomic E-state index is 12.6. The van der Waals surface area contributed by atoms with E-state index in [1.807, 2.05) is 11.3 Å². The summed E-state index contributed by atoms with van der Waals surface area (Å²) in [6.07, 6.45) is 8.74. The highest BCUT2D eigenvalue weighted by Crippen LogP contribution is 2.48. The molecule has 21 heavy (non-hydrogen) atoms. The Morgan fingerprint density at radius 2 is 2.10 bits per heavy atom. The molecule has 4 heteroatoms. The van der Waals surface area contributed by atoms with Gasteiger partial charge in [0.25, 0.3) is 0 Å². The Morgan fingerprint density at radius 3 is 2.86 bits per heavy atom. The topological polar surface area (TPSA) is 46.3 Å². The normalized spacial score (nSPS) is 21.4. The van der Waals surface area contributed by atoms with Crippen molar-refractivity contribution in [1.29, 1.82) is 0 Å². The molecule has 1 amide bonds. The Hall–Kier alpha value is -0.870. The fourth-order valence-electron chi connectivity index (χ4n) is 3.46. The molecule has 1 aliphatic heterocycles. The molecule has 0 bridgehead atoms. The molecular formula is C17H26N2OS. The van der Waals surface area contributed by atoms with Crippen LogP contribution < -0.4 is 5.73 Å². The van der Waals surface area contributed by atoms with E-state index < -0.39 is 0 Å². The fraction of sp³-hybridized carbons (Fsp3) is 0.706. The Balaban J connectivity index is 1.58. The number of carbonyl (C=O) groups excluding carboxylic acids is 1. The third-order valence-corrected chi connectivity index (χ3v) is 5.74. The van der Waals surface area contributed by atoms with Crippen molar-refractivity contribution in [3.8, 4) is 0 Å². The van der Waals surface area contributed by atoms with Crippen LogP contribution in [0.2, 0.25) is 0 Å². The zero-order valence-electron chi connectivity index (χ0n) is 12.7. The van der Waals surface area contributed by atoms with E-state index in [0.29, 0.717) is 18.4 Å². The monoisotopic (exact) mass is 306 g/mol. The van der Waals surface area contributed by atoms with Gasteiger partial charge >= 0.3 is 0 Å². The van der Waals surface area contributed by atoms with Crippen LogP contribution in [-0.2, 0) is 11.2 Å². The van der Waals surface area contributed by atoms with Gasteiger partial charge in [0.2, 0.25) is 5.91 Å². The van der Waals surface area contributed by atoms with E-state index in [-0.39, 0.29) is 0 Å². The molecule has 1 aromatic heterocycles. The van der Waals surface area contributed by atoms with E-state index in [2.05, 4.69) is 16.3 Å². The van der Waals surface area contributed by atoms with Gasteiger partial charge in [-0.25, -0.2) is 0 Å². The molecule has 3 nitrogen and oxygen atoms in total. The van der Waals surface area contributed by atoms with Crippen LogP contribution in [0.15, 0.2) is 11.4 Å². The number of unbranched alkanes of at least 4 members (excludes halogenated alkanes) is 3. The van der Waals surface area contributed by atoms with E-state index in [1.54, 1.807) is 0 Å². The number of hydrogen-bond acceptors (Lipinski definition) is 3. The first kappa shape index (κ1) is 15.0. The van der Waals surface area contributed by atoms with Crippen LogP contribution in [0.3, 0.4) is 0 Å². The van der Waals surface area contributed by atoms with Gasteiger partial charge in [0.15, 0.2) is 0 Å². The van der Waals surface area contributed by atoms with Crippen molar-refractivity contribution in [3.05, 3.63) is 21.9 Å². The van der Waals surface area contributed by atoms with Crippen molar-refractivity contribution in [2.75, 3.05) is 13.1 Å². The molecule has 116 valence electrons. The van der Waals surface area contributed by atoms with Crippen molar-refractivity contribution in [2.45, 2.75) is 57.4 Å². The standard InChI is InChI=1S/C17H26N2OS/c18-10-4-2-1-3-5-16(20)19-11-8-15-14(9-12-21-15)17(19)13-6-7-13/h9,12-13,17H,1-8,10-11,18H2. The molecule has 1 saturated carbocycles. The number of rotatable bonds is 7. The van der Waals surface area contributed by atoms with Crippen LogP contribution in [-0.4, -0.2) is 23.9 Å². The van der Waals surface area contributed by atoms with Gasteiger partial charge in [0, 0.05) is 17.8 Å². The molecule has 2 heterocycles. The highest BCUT2D eigenvalue weighted by atomic mass is 32.1. The quantitative estimate of drug-likeness (QED) is 0.784. The van der Waals surface area contributed by atoms with Gasteiger partial charge in [-0.15, -0.1) is 11.3 Å². The van der Waals surface area contributed by atoms with Gasteiger partial charge in [-0.2, -0.15) is 0 Å². The second-order valence-corrected chi connectivity index (χ2v) is 7.37. The van der Waals surface area contributed by atoms with Crippen LogP contribution in [0.5, 0.6) is 0 Å². The molecular weight excluding hydrogens is 280 g/mol. The number of amides is 1. The lowest BCUT2D eigenvalue weighted by Crippen LogP contribution is -2.40. The van der Waals surface area contributed by atoms with Gasteiger partial charge < -0.3 is 10.6 Å². The summed E-state index contributed by atoms with van der Waals surface area (Å²) in [5.41, 5.74) is 6.96. The van der Waals surface area contributed by atoms with Gasteiger partial charge in [-0.3, -0.25) is 4.79 Å². The minimum atomic E-state index is 0.372. The molecule has 1 fully saturated rings. The summed E-state index contributed by atoms with van der Waals surface area (Å²) in [6.45, 7) is 1.70. The second-order valence-electron chi connectivity index (χ2n) is 6.37. The third-order valence-electron chi connectivity index (χ3n) is 4.75. The number of fused-ring (bicyclic) bond motifs is 1. The van der Waals surface area contributed by atoms with Gasteiger partial charge in [0.1, 0.15) is 0 Å². The molecule has 2 N–H and O–H groups in total. The van der Waals surface area contributed by atoms with Crippen LogP contribution in [0.25, 0.3) is 0 Å². The summed E-state index contributed by atoms with van der Waals surface area (Å²) in [5.74, 6) is 1.09. The van der Waals surface area contributed by atoms with E-state index in [9.17, 15) is 4.79 Å². The maximum absolute atomic E-state index is 12.6. The minimum absolute atomic E-state index is 0.372. The maximum Gasteiger partial charge on any atom is 0.223 e. The summed E-state index contributed by atoms with van der Waals surface area (Å²) >= 11 is 1.87. The molecule has 1 atom stereocenters. The highest BCUT2D eigenvalue weighted by molar-refractivity contribution is 7.10. The Kier molecular flexibility index (Phi) is 4.96. The summed E-state index contributed by atoms with van der Waals surface area (Å²) in [6, 6.07) is 2.64. The van der Waals surface area contributed by atoms with Crippen molar-refractivity contribution >= 4 is 17.2 Å². The fourth-order valence-corrected chi connectivity index (χ4v) is 4.38. The Bertz CT molecular complexity index is 481.